The Balaban J connectivity index is 2.33. The molecule has 0 bridgehead atoms. The van der Waals surface area contributed by atoms with Gasteiger partial charge in [-0.25, -0.2) is 13.9 Å². The van der Waals surface area contributed by atoms with Gasteiger partial charge in [-0.3, -0.25) is 14.8 Å². The minimum atomic E-state index is -4.17. The highest BCUT2D eigenvalue weighted by Gasteiger charge is 2.29. The van der Waals surface area contributed by atoms with Crippen LogP contribution < -0.4 is 15.5 Å². The molecule has 31 heavy (non-hydrogen) atoms. The minimum Gasteiger partial charge on any atom is -0.343 e. The molecule has 0 spiro atoms. The summed E-state index contributed by atoms with van der Waals surface area (Å²) in [5.74, 6) is -1.51. The number of benzene rings is 2. The quantitative estimate of drug-likeness (QED) is 0.302. The molecular formula is C20H23Cl2N3O5S. The molecular weight excluding hydrogens is 465 g/mol. The van der Waals surface area contributed by atoms with Crippen molar-refractivity contribution < 1.29 is 23.2 Å². The second-order valence-electron chi connectivity index (χ2n) is 6.79. The molecule has 2 atom stereocenters. The average molecular weight is 488 g/mol. The van der Waals surface area contributed by atoms with E-state index in [1.807, 2.05) is 0 Å². The zero-order valence-electron chi connectivity index (χ0n) is 16.6. The summed E-state index contributed by atoms with van der Waals surface area (Å²) < 4.78 is 28.2. The van der Waals surface area contributed by atoms with Gasteiger partial charge in [0.05, 0.1) is 4.90 Å². The van der Waals surface area contributed by atoms with Gasteiger partial charge in [-0.05, 0) is 36.6 Å². The van der Waals surface area contributed by atoms with Crippen molar-refractivity contribution >= 4 is 45.0 Å². The average Bonchev–Trinajstić information content (AvgIpc) is 2.72. The lowest BCUT2D eigenvalue weighted by Crippen LogP contribution is -2.54. The van der Waals surface area contributed by atoms with Gasteiger partial charge in [0.15, 0.2) is 0 Å². The standard InChI is InChI=1S/C20H23Cl2N3O5S/c1-2-6-17(20(27)24-28)23-19(26)18(9-13-7-4-3-5-8-13)25-31(29,30)16-11-14(21)10-15(22)12-16/h3-5,7-8,10-12,17-18,25,28H,2,6,9H2,1H3,(H,23,26)(H,24,27)/t17-,18-/m0/s1. The molecule has 0 radical (unpaired) electrons. The number of hydrogen-bond donors (Lipinski definition) is 4. The summed E-state index contributed by atoms with van der Waals surface area (Å²) in [6.07, 6.45) is 0.834. The Hall–Kier alpha value is -2.17. The third-order valence-electron chi connectivity index (χ3n) is 4.36. The monoisotopic (exact) mass is 487 g/mol. The molecule has 11 heteroatoms. The van der Waals surface area contributed by atoms with Crippen molar-refractivity contribution in [3.63, 3.8) is 0 Å². The van der Waals surface area contributed by atoms with E-state index in [2.05, 4.69) is 10.0 Å². The predicted molar refractivity (Wildman–Crippen MR) is 117 cm³/mol. The zero-order chi connectivity index (χ0) is 23.0. The van der Waals surface area contributed by atoms with E-state index in [0.29, 0.717) is 12.0 Å². The zero-order valence-corrected chi connectivity index (χ0v) is 19.0. The number of carbonyl (C=O) groups excluding carboxylic acids is 2. The first-order valence-corrected chi connectivity index (χ1v) is 11.7. The Morgan fingerprint density at radius 3 is 2.16 bits per heavy atom. The van der Waals surface area contributed by atoms with Crippen molar-refractivity contribution in [2.45, 2.75) is 43.2 Å². The lowest BCUT2D eigenvalue weighted by atomic mass is 10.0. The molecule has 0 saturated heterocycles. The first-order chi connectivity index (χ1) is 14.7. The van der Waals surface area contributed by atoms with Crippen LogP contribution in [0.15, 0.2) is 53.4 Å². The van der Waals surface area contributed by atoms with Gasteiger partial charge in [0.1, 0.15) is 12.1 Å². The number of carbonyl (C=O) groups is 2. The van der Waals surface area contributed by atoms with Crippen LogP contribution in [-0.2, 0) is 26.0 Å². The minimum absolute atomic E-state index is 0.0276. The van der Waals surface area contributed by atoms with Crippen molar-refractivity contribution in [3.05, 3.63) is 64.1 Å². The Morgan fingerprint density at radius 1 is 1.00 bits per heavy atom. The van der Waals surface area contributed by atoms with Crippen molar-refractivity contribution in [3.8, 4) is 0 Å². The maximum Gasteiger partial charge on any atom is 0.265 e. The largest absolute Gasteiger partial charge is 0.343 e. The van der Waals surface area contributed by atoms with Gasteiger partial charge >= 0.3 is 0 Å². The fourth-order valence-corrected chi connectivity index (χ4v) is 4.81. The van der Waals surface area contributed by atoms with E-state index in [9.17, 15) is 18.0 Å². The van der Waals surface area contributed by atoms with Crippen LogP contribution in [-0.4, -0.2) is 37.5 Å². The fourth-order valence-electron chi connectivity index (χ4n) is 2.88. The second kappa shape index (κ2) is 11.4. The van der Waals surface area contributed by atoms with Gasteiger partial charge in [-0.2, -0.15) is 4.72 Å². The molecule has 0 saturated carbocycles. The van der Waals surface area contributed by atoms with E-state index < -0.39 is 33.9 Å². The predicted octanol–water partition coefficient (Wildman–Crippen LogP) is 2.67. The van der Waals surface area contributed by atoms with E-state index in [1.165, 1.54) is 23.7 Å². The molecule has 0 heterocycles. The molecule has 2 amide bonds. The molecule has 0 unspecified atom stereocenters. The second-order valence-corrected chi connectivity index (χ2v) is 9.38. The third kappa shape index (κ3) is 7.48. The number of nitrogens with one attached hydrogen (secondary N) is 3. The molecule has 168 valence electrons. The van der Waals surface area contributed by atoms with Gasteiger partial charge in [0, 0.05) is 10.0 Å². The molecule has 8 nitrogen and oxygen atoms in total. The lowest BCUT2D eigenvalue weighted by molar-refractivity contribution is -0.135. The van der Waals surface area contributed by atoms with Crippen LogP contribution in [0.1, 0.15) is 25.3 Å². The van der Waals surface area contributed by atoms with Crippen LogP contribution in [0.2, 0.25) is 10.0 Å². The van der Waals surface area contributed by atoms with Crippen LogP contribution in [0.5, 0.6) is 0 Å². The molecule has 2 rings (SSSR count). The third-order valence-corrected chi connectivity index (χ3v) is 6.25. The number of rotatable bonds is 10. The fraction of sp³-hybridized carbons (Fsp3) is 0.300. The summed E-state index contributed by atoms with van der Waals surface area (Å²) in [6.45, 7) is 1.80. The van der Waals surface area contributed by atoms with E-state index >= 15 is 0 Å². The van der Waals surface area contributed by atoms with Crippen LogP contribution in [0.25, 0.3) is 0 Å². The van der Waals surface area contributed by atoms with Gasteiger partial charge < -0.3 is 5.32 Å². The van der Waals surface area contributed by atoms with Crippen LogP contribution in [0, 0.1) is 0 Å². The summed E-state index contributed by atoms with van der Waals surface area (Å²) in [5, 5.41) is 11.7. The van der Waals surface area contributed by atoms with Gasteiger partial charge in [0.2, 0.25) is 15.9 Å². The van der Waals surface area contributed by atoms with Crippen molar-refractivity contribution in [1.82, 2.24) is 15.5 Å². The van der Waals surface area contributed by atoms with Crippen LogP contribution >= 0.6 is 23.2 Å². The molecule has 4 N–H and O–H groups in total. The molecule has 0 aliphatic carbocycles. The van der Waals surface area contributed by atoms with Crippen molar-refractivity contribution in [1.29, 1.82) is 0 Å². The summed E-state index contributed by atoms with van der Waals surface area (Å²) in [6, 6.07) is 10.4. The van der Waals surface area contributed by atoms with E-state index in [0.717, 1.165) is 0 Å². The van der Waals surface area contributed by atoms with Gasteiger partial charge in [-0.15, -0.1) is 0 Å². The molecule has 0 aromatic heterocycles. The topological polar surface area (TPSA) is 125 Å². The highest BCUT2D eigenvalue weighted by molar-refractivity contribution is 7.89. The van der Waals surface area contributed by atoms with Crippen molar-refractivity contribution in [2.75, 3.05) is 0 Å². The van der Waals surface area contributed by atoms with E-state index in [4.69, 9.17) is 28.4 Å². The van der Waals surface area contributed by atoms with Crippen molar-refractivity contribution in [2.24, 2.45) is 0 Å². The highest BCUT2D eigenvalue weighted by Crippen LogP contribution is 2.22. The summed E-state index contributed by atoms with van der Waals surface area (Å²) in [7, 11) is -4.17. The van der Waals surface area contributed by atoms with Gasteiger partial charge in [-0.1, -0.05) is 66.9 Å². The van der Waals surface area contributed by atoms with Crippen LogP contribution in [0.3, 0.4) is 0 Å². The Labute approximate surface area is 190 Å². The van der Waals surface area contributed by atoms with Gasteiger partial charge in [0.25, 0.3) is 5.91 Å². The number of sulfonamides is 1. The lowest BCUT2D eigenvalue weighted by Gasteiger charge is -2.22. The molecule has 2 aromatic carbocycles. The maximum atomic E-state index is 12.9. The summed E-state index contributed by atoms with van der Waals surface area (Å²) in [4.78, 5) is 24.6. The number of hydroxylamine groups is 1. The first-order valence-electron chi connectivity index (χ1n) is 9.43. The van der Waals surface area contributed by atoms with E-state index in [-0.39, 0.29) is 27.8 Å². The summed E-state index contributed by atoms with van der Waals surface area (Å²) in [5.41, 5.74) is 2.21. The summed E-state index contributed by atoms with van der Waals surface area (Å²) >= 11 is 11.8. The first kappa shape index (κ1) is 25.1. The molecule has 0 fully saturated rings. The number of amides is 2. The Bertz CT molecular complexity index is 998. The Morgan fingerprint density at radius 2 is 1.61 bits per heavy atom. The molecule has 2 aromatic rings. The normalized spacial score (nSPS) is 13.3. The smallest absolute Gasteiger partial charge is 0.265 e. The van der Waals surface area contributed by atoms with E-state index in [1.54, 1.807) is 37.3 Å². The maximum absolute atomic E-state index is 12.9. The number of halogens is 2. The Kier molecular flexibility index (Phi) is 9.27. The van der Waals surface area contributed by atoms with Crippen LogP contribution in [0.4, 0.5) is 0 Å². The molecule has 0 aliphatic rings. The molecule has 0 aliphatic heterocycles. The number of hydrogen-bond acceptors (Lipinski definition) is 5. The highest BCUT2D eigenvalue weighted by atomic mass is 35.5. The SMILES string of the molecule is CCC[C@H](NC(=O)[C@H](Cc1ccccc1)NS(=O)(=O)c1cc(Cl)cc(Cl)c1)C(=O)NO.